The Balaban J connectivity index is 1.86. The van der Waals surface area contributed by atoms with Crippen molar-refractivity contribution in [1.82, 2.24) is 15.1 Å². The van der Waals surface area contributed by atoms with Crippen LogP contribution in [0.5, 0.6) is 5.75 Å². The van der Waals surface area contributed by atoms with E-state index in [1.807, 2.05) is 0 Å². The van der Waals surface area contributed by atoms with Gasteiger partial charge in [0.15, 0.2) is 11.8 Å². The lowest BCUT2D eigenvalue weighted by atomic mass is 10.1. The molecule has 1 aliphatic heterocycles. The number of aryl methyl sites for hydroxylation is 1. The highest BCUT2D eigenvalue weighted by atomic mass is 16.5. The van der Waals surface area contributed by atoms with Crippen LogP contribution in [0.3, 0.4) is 0 Å². The molecule has 28 heavy (non-hydrogen) atoms. The highest BCUT2D eigenvalue weighted by Gasteiger charge is 2.35. The zero-order chi connectivity index (χ0) is 19.8. The third kappa shape index (κ3) is 2.79. The molecule has 1 aliphatic rings. The summed E-state index contributed by atoms with van der Waals surface area (Å²) >= 11 is 0. The van der Waals surface area contributed by atoms with Crippen molar-refractivity contribution >= 4 is 28.3 Å². The van der Waals surface area contributed by atoms with E-state index in [2.05, 4.69) is 10.4 Å². The lowest BCUT2D eigenvalue weighted by Crippen LogP contribution is -2.50. The number of likely N-dealkylation sites (N-methyl/N-ethyl adjacent to an activating group) is 1. The summed E-state index contributed by atoms with van der Waals surface area (Å²) in [5, 5.41) is 7.64. The van der Waals surface area contributed by atoms with Crippen molar-refractivity contribution in [1.29, 1.82) is 0 Å². The largest absolute Gasteiger partial charge is 0.477 e. The molecule has 142 valence electrons. The predicted molar refractivity (Wildman–Crippen MR) is 104 cm³/mol. The first-order valence-electron chi connectivity index (χ1n) is 8.76. The highest BCUT2D eigenvalue weighted by molar-refractivity contribution is 6.13. The van der Waals surface area contributed by atoms with Gasteiger partial charge in [-0.3, -0.25) is 19.3 Å². The minimum Gasteiger partial charge on any atom is -0.477 e. The summed E-state index contributed by atoms with van der Waals surface area (Å²) in [6.45, 7) is 0.0361. The van der Waals surface area contributed by atoms with E-state index in [9.17, 15) is 14.4 Å². The molecule has 8 heteroatoms. The van der Waals surface area contributed by atoms with Crippen molar-refractivity contribution in [3.63, 3.8) is 0 Å². The second-order valence-corrected chi connectivity index (χ2v) is 6.43. The number of hydrogen-bond acceptors (Lipinski definition) is 5. The Labute approximate surface area is 160 Å². The summed E-state index contributed by atoms with van der Waals surface area (Å²) in [5.41, 5.74) is 0.412. The maximum atomic E-state index is 13.5. The van der Waals surface area contributed by atoms with E-state index >= 15 is 0 Å². The lowest BCUT2D eigenvalue weighted by molar-refractivity contribution is -0.127. The minimum atomic E-state index is -0.845. The maximum absolute atomic E-state index is 13.5. The molecule has 0 saturated carbocycles. The van der Waals surface area contributed by atoms with Gasteiger partial charge in [-0.15, -0.1) is 0 Å². The standard InChI is InChI=1S/C20H18N4O4/c1-21-18(25)16-11-24(14-9-5-6-10-15(14)28-16)20(27)17-12-7-3-4-8-13(12)19(26)23(2)22-17/h3-10,16H,11H2,1-2H3,(H,21,25)/t16-/m1/s1. The number of rotatable bonds is 2. The fourth-order valence-electron chi connectivity index (χ4n) is 3.31. The first-order valence-corrected chi connectivity index (χ1v) is 8.76. The number of amides is 2. The van der Waals surface area contributed by atoms with E-state index in [-0.39, 0.29) is 23.7 Å². The van der Waals surface area contributed by atoms with Crippen molar-refractivity contribution in [2.24, 2.45) is 7.05 Å². The van der Waals surface area contributed by atoms with E-state index in [1.54, 1.807) is 48.5 Å². The summed E-state index contributed by atoms with van der Waals surface area (Å²) in [6.07, 6.45) is -0.845. The van der Waals surface area contributed by atoms with Gasteiger partial charge in [-0.2, -0.15) is 5.10 Å². The Hall–Kier alpha value is -3.68. The molecule has 0 radical (unpaired) electrons. The monoisotopic (exact) mass is 378 g/mol. The SMILES string of the molecule is CNC(=O)[C@H]1CN(C(=O)c2nn(C)c(=O)c3ccccc23)c2ccccc2O1. The normalized spacial score (nSPS) is 15.6. The zero-order valence-electron chi connectivity index (χ0n) is 15.4. The fraction of sp³-hybridized carbons (Fsp3) is 0.200. The number of anilines is 1. The van der Waals surface area contributed by atoms with Crippen molar-refractivity contribution in [3.05, 3.63) is 64.6 Å². The van der Waals surface area contributed by atoms with Gasteiger partial charge in [-0.25, -0.2) is 4.68 Å². The number of hydrogen-bond donors (Lipinski definition) is 1. The molecule has 0 unspecified atom stereocenters. The van der Waals surface area contributed by atoms with Gasteiger partial charge >= 0.3 is 0 Å². The molecule has 0 saturated heterocycles. The number of fused-ring (bicyclic) bond motifs is 2. The number of aromatic nitrogens is 2. The average molecular weight is 378 g/mol. The Bertz CT molecular complexity index is 1150. The topological polar surface area (TPSA) is 93.5 Å². The molecular weight excluding hydrogens is 360 g/mol. The zero-order valence-corrected chi connectivity index (χ0v) is 15.4. The summed E-state index contributed by atoms with van der Waals surface area (Å²) < 4.78 is 6.90. The van der Waals surface area contributed by atoms with Crippen molar-refractivity contribution in [2.75, 3.05) is 18.5 Å². The molecule has 1 aromatic heterocycles. The van der Waals surface area contributed by atoms with Gasteiger partial charge in [0.2, 0.25) is 0 Å². The average Bonchev–Trinajstić information content (AvgIpc) is 2.74. The minimum absolute atomic E-state index is 0.0361. The van der Waals surface area contributed by atoms with Crippen LogP contribution in [0.15, 0.2) is 53.3 Å². The number of ether oxygens (including phenoxy) is 1. The fourth-order valence-corrected chi connectivity index (χ4v) is 3.31. The van der Waals surface area contributed by atoms with Crippen LogP contribution in [0.4, 0.5) is 5.69 Å². The van der Waals surface area contributed by atoms with Crippen molar-refractivity contribution in [2.45, 2.75) is 6.10 Å². The van der Waals surface area contributed by atoms with Crippen LogP contribution in [0, 0.1) is 0 Å². The van der Waals surface area contributed by atoms with E-state index in [1.165, 1.54) is 19.0 Å². The highest BCUT2D eigenvalue weighted by Crippen LogP contribution is 2.34. The van der Waals surface area contributed by atoms with Crippen molar-refractivity contribution < 1.29 is 14.3 Å². The first kappa shape index (κ1) is 17.7. The van der Waals surface area contributed by atoms with Gasteiger partial charge in [-0.1, -0.05) is 30.3 Å². The Morgan fingerprint density at radius 3 is 2.54 bits per heavy atom. The molecule has 2 heterocycles. The van der Waals surface area contributed by atoms with Crippen LogP contribution in [0.25, 0.3) is 10.8 Å². The number of para-hydroxylation sites is 2. The second kappa shape index (κ2) is 6.80. The second-order valence-electron chi connectivity index (χ2n) is 6.43. The van der Waals surface area contributed by atoms with E-state index in [4.69, 9.17) is 4.74 Å². The summed E-state index contributed by atoms with van der Waals surface area (Å²) in [6, 6.07) is 13.9. The molecule has 0 fully saturated rings. The molecule has 2 aromatic carbocycles. The van der Waals surface area contributed by atoms with Gasteiger partial charge in [0.1, 0.15) is 5.75 Å². The molecule has 0 aliphatic carbocycles. The molecule has 0 bridgehead atoms. The van der Waals surface area contributed by atoms with E-state index in [0.717, 1.165) is 4.68 Å². The third-order valence-corrected chi connectivity index (χ3v) is 4.72. The molecule has 0 spiro atoms. The van der Waals surface area contributed by atoms with Crippen LogP contribution < -0.4 is 20.5 Å². The summed E-state index contributed by atoms with van der Waals surface area (Å²) in [4.78, 5) is 39.4. The number of nitrogens with one attached hydrogen (secondary N) is 1. The lowest BCUT2D eigenvalue weighted by Gasteiger charge is -2.33. The molecule has 3 aromatic rings. The van der Waals surface area contributed by atoms with Gasteiger partial charge in [0.25, 0.3) is 17.4 Å². The van der Waals surface area contributed by atoms with Crippen LogP contribution in [0.1, 0.15) is 10.5 Å². The molecule has 8 nitrogen and oxygen atoms in total. The van der Waals surface area contributed by atoms with Crippen LogP contribution in [-0.4, -0.2) is 41.3 Å². The Morgan fingerprint density at radius 1 is 1.11 bits per heavy atom. The van der Waals surface area contributed by atoms with Crippen LogP contribution in [-0.2, 0) is 11.8 Å². The number of benzene rings is 2. The first-order chi connectivity index (χ1) is 13.5. The van der Waals surface area contributed by atoms with Gasteiger partial charge in [0, 0.05) is 19.5 Å². The number of carbonyl (C=O) groups is 2. The van der Waals surface area contributed by atoms with E-state index in [0.29, 0.717) is 22.2 Å². The molecular formula is C20H18N4O4. The molecule has 1 N–H and O–H groups in total. The molecule has 2 amide bonds. The maximum Gasteiger partial charge on any atom is 0.279 e. The van der Waals surface area contributed by atoms with Crippen molar-refractivity contribution in [3.8, 4) is 5.75 Å². The van der Waals surface area contributed by atoms with Gasteiger partial charge in [0.05, 0.1) is 17.6 Å². The third-order valence-electron chi connectivity index (χ3n) is 4.72. The number of nitrogens with zero attached hydrogens (tertiary/aromatic N) is 3. The Morgan fingerprint density at radius 2 is 1.79 bits per heavy atom. The predicted octanol–water partition coefficient (Wildman–Crippen LogP) is 1.09. The summed E-state index contributed by atoms with van der Waals surface area (Å²) in [7, 11) is 3.02. The smallest absolute Gasteiger partial charge is 0.279 e. The Kier molecular flexibility index (Phi) is 4.31. The quantitative estimate of drug-likeness (QED) is 0.720. The van der Waals surface area contributed by atoms with Crippen LogP contribution >= 0.6 is 0 Å². The molecule has 1 atom stereocenters. The van der Waals surface area contributed by atoms with E-state index < -0.39 is 12.0 Å². The van der Waals surface area contributed by atoms with Gasteiger partial charge < -0.3 is 10.1 Å². The van der Waals surface area contributed by atoms with Gasteiger partial charge in [-0.05, 0) is 18.2 Å². The van der Waals surface area contributed by atoms with Crippen LogP contribution in [0.2, 0.25) is 0 Å². The number of carbonyl (C=O) groups excluding carboxylic acids is 2. The molecule has 4 rings (SSSR count). The summed E-state index contributed by atoms with van der Waals surface area (Å²) in [5.74, 6) is -0.299.